The van der Waals surface area contributed by atoms with Gasteiger partial charge in [0.1, 0.15) is 5.82 Å². The molecule has 0 amide bonds. The third-order valence-corrected chi connectivity index (χ3v) is 3.09. The zero-order valence-corrected chi connectivity index (χ0v) is 9.09. The normalized spacial score (nSPS) is 25.6. The van der Waals surface area contributed by atoms with Gasteiger partial charge in [0.25, 0.3) is 0 Å². The zero-order valence-electron chi connectivity index (χ0n) is 8.33. The molecule has 0 spiro atoms. The Morgan fingerprint density at radius 3 is 3.00 bits per heavy atom. The first-order chi connectivity index (χ1) is 6.75. The van der Waals surface area contributed by atoms with Crippen molar-refractivity contribution in [3.8, 4) is 0 Å². The van der Waals surface area contributed by atoms with E-state index in [1.165, 1.54) is 12.8 Å². The van der Waals surface area contributed by atoms with E-state index in [9.17, 15) is 0 Å². The third kappa shape index (κ3) is 2.18. The fourth-order valence-electron chi connectivity index (χ4n) is 1.99. The van der Waals surface area contributed by atoms with Gasteiger partial charge in [-0.1, -0.05) is 18.5 Å². The number of aromatic nitrogens is 1. The first-order valence-electron chi connectivity index (χ1n) is 5.10. The van der Waals surface area contributed by atoms with Crippen molar-refractivity contribution in [2.45, 2.75) is 19.8 Å². The summed E-state index contributed by atoms with van der Waals surface area (Å²) in [5.74, 6) is 2.53. The highest BCUT2D eigenvalue weighted by Crippen LogP contribution is 2.33. The van der Waals surface area contributed by atoms with Crippen LogP contribution in [0.25, 0.3) is 0 Å². The number of hydrogen-bond acceptors (Lipinski definition) is 2. The molecule has 76 valence electrons. The monoisotopic (exact) mass is 210 g/mol. The van der Waals surface area contributed by atoms with Crippen LogP contribution < -0.4 is 5.32 Å². The van der Waals surface area contributed by atoms with Crippen molar-refractivity contribution in [3.05, 3.63) is 23.4 Å². The highest BCUT2D eigenvalue weighted by molar-refractivity contribution is 6.32. The molecule has 1 aromatic rings. The van der Waals surface area contributed by atoms with Crippen molar-refractivity contribution in [1.29, 1.82) is 0 Å². The summed E-state index contributed by atoms with van der Waals surface area (Å²) in [6, 6.07) is 3.71. The summed E-state index contributed by atoms with van der Waals surface area (Å²) >= 11 is 5.97. The summed E-state index contributed by atoms with van der Waals surface area (Å²) in [4.78, 5) is 4.18. The molecule has 0 atom stereocenters. The quantitative estimate of drug-likeness (QED) is 0.829. The SMILES string of the molecule is CC1CC(CNc2ncccc2Cl)C1. The number of halogens is 1. The lowest BCUT2D eigenvalue weighted by atomic mass is 9.76. The van der Waals surface area contributed by atoms with Gasteiger partial charge in [-0.25, -0.2) is 4.98 Å². The number of rotatable bonds is 3. The zero-order chi connectivity index (χ0) is 9.97. The first-order valence-corrected chi connectivity index (χ1v) is 5.48. The van der Waals surface area contributed by atoms with Gasteiger partial charge in [0.2, 0.25) is 0 Å². The highest BCUT2D eigenvalue weighted by Gasteiger charge is 2.24. The van der Waals surface area contributed by atoms with Crippen LogP contribution in [0.4, 0.5) is 5.82 Å². The molecule has 1 N–H and O–H groups in total. The van der Waals surface area contributed by atoms with Gasteiger partial charge in [-0.05, 0) is 36.8 Å². The Morgan fingerprint density at radius 1 is 1.57 bits per heavy atom. The number of anilines is 1. The molecule has 1 aliphatic rings. The molecule has 14 heavy (non-hydrogen) atoms. The Kier molecular flexibility index (Phi) is 2.92. The van der Waals surface area contributed by atoms with Crippen molar-refractivity contribution in [1.82, 2.24) is 4.98 Å². The lowest BCUT2D eigenvalue weighted by Crippen LogP contribution is -2.27. The molecule has 1 aromatic heterocycles. The highest BCUT2D eigenvalue weighted by atomic mass is 35.5. The van der Waals surface area contributed by atoms with Crippen LogP contribution in [0.3, 0.4) is 0 Å². The summed E-state index contributed by atoms with van der Waals surface area (Å²) in [6.45, 7) is 3.30. The predicted molar refractivity (Wildman–Crippen MR) is 59.6 cm³/mol. The van der Waals surface area contributed by atoms with E-state index in [-0.39, 0.29) is 0 Å². The Labute approximate surface area is 89.7 Å². The molecule has 0 bridgehead atoms. The fourth-order valence-corrected chi connectivity index (χ4v) is 2.18. The standard InChI is InChI=1S/C11H15ClN2/c1-8-5-9(6-8)7-14-11-10(12)3-2-4-13-11/h2-4,8-9H,5-7H2,1H3,(H,13,14). The molecule has 0 aliphatic heterocycles. The molecule has 0 radical (unpaired) electrons. The van der Waals surface area contributed by atoms with Crippen LogP contribution in [-0.2, 0) is 0 Å². The molecule has 2 rings (SSSR count). The minimum Gasteiger partial charge on any atom is -0.369 e. The number of nitrogens with one attached hydrogen (secondary N) is 1. The van der Waals surface area contributed by atoms with Gasteiger partial charge < -0.3 is 5.32 Å². The van der Waals surface area contributed by atoms with Gasteiger partial charge in [0.15, 0.2) is 0 Å². The maximum Gasteiger partial charge on any atom is 0.144 e. The van der Waals surface area contributed by atoms with Crippen LogP contribution in [0, 0.1) is 11.8 Å². The lowest BCUT2D eigenvalue weighted by Gasteiger charge is -2.32. The van der Waals surface area contributed by atoms with Crippen LogP contribution in [-0.4, -0.2) is 11.5 Å². The second kappa shape index (κ2) is 4.18. The van der Waals surface area contributed by atoms with Gasteiger partial charge in [-0.15, -0.1) is 0 Å². The van der Waals surface area contributed by atoms with E-state index >= 15 is 0 Å². The summed E-state index contributed by atoms with van der Waals surface area (Å²) in [7, 11) is 0. The summed E-state index contributed by atoms with van der Waals surface area (Å²) in [6.07, 6.45) is 4.42. The van der Waals surface area contributed by atoms with Gasteiger partial charge in [-0.2, -0.15) is 0 Å². The van der Waals surface area contributed by atoms with Gasteiger partial charge in [0, 0.05) is 12.7 Å². The van der Waals surface area contributed by atoms with Crippen molar-refractivity contribution >= 4 is 17.4 Å². The van der Waals surface area contributed by atoms with E-state index in [4.69, 9.17) is 11.6 Å². The number of hydrogen-bond donors (Lipinski definition) is 1. The van der Waals surface area contributed by atoms with Gasteiger partial charge in [0.05, 0.1) is 5.02 Å². The minimum absolute atomic E-state index is 0.708. The van der Waals surface area contributed by atoms with Crippen LogP contribution in [0.2, 0.25) is 5.02 Å². The first kappa shape index (κ1) is 9.78. The smallest absolute Gasteiger partial charge is 0.144 e. The second-order valence-electron chi connectivity index (χ2n) is 4.16. The van der Waals surface area contributed by atoms with Gasteiger partial charge in [-0.3, -0.25) is 0 Å². The Hall–Kier alpha value is -0.760. The molecule has 3 heteroatoms. The molecule has 2 nitrogen and oxygen atoms in total. The largest absolute Gasteiger partial charge is 0.369 e. The number of pyridine rings is 1. The van der Waals surface area contributed by atoms with Crippen molar-refractivity contribution in [2.24, 2.45) is 11.8 Å². The summed E-state index contributed by atoms with van der Waals surface area (Å²) in [5.41, 5.74) is 0. The maximum atomic E-state index is 5.97. The van der Waals surface area contributed by atoms with E-state index < -0.39 is 0 Å². The molecular weight excluding hydrogens is 196 g/mol. The molecule has 0 aromatic carbocycles. The summed E-state index contributed by atoms with van der Waals surface area (Å²) in [5, 5.41) is 4.00. The van der Waals surface area contributed by atoms with Crippen LogP contribution in [0.5, 0.6) is 0 Å². The molecule has 1 fully saturated rings. The fraction of sp³-hybridized carbons (Fsp3) is 0.545. The van der Waals surface area contributed by atoms with E-state index in [2.05, 4.69) is 17.2 Å². The van der Waals surface area contributed by atoms with E-state index in [1.807, 2.05) is 12.1 Å². The predicted octanol–water partition coefficient (Wildman–Crippen LogP) is 3.19. The van der Waals surface area contributed by atoms with Crippen LogP contribution >= 0.6 is 11.6 Å². The summed E-state index contributed by atoms with van der Waals surface area (Å²) < 4.78 is 0. The molecule has 1 heterocycles. The molecule has 0 saturated heterocycles. The van der Waals surface area contributed by atoms with Crippen molar-refractivity contribution in [2.75, 3.05) is 11.9 Å². The molecular formula is C11H15ClN2. The Morgan fingerprint density at radius 2 is 2.36 bits per heavy atom. The maximum absolute atomic E-state index is 5.97. The van der Waals surface area contributed by atoms with Crippen LogP contribution in [0.15, 0.2) is 18.3 Å². The minimum atomic E-state index is 0.708. The topological polar surface area (TPSA) is 24.9 Å². The molecule has 1 saturated carbocycles. The van der Waals surface area contributed by atoms with E-state index in [1.54, 1.807) is 6.20 Å². The molecule has 0 unspecified atom stereocenters. The average molecular weight is 211 g/mol. The van der Waals surface area contributed by atoms with Crippen molar-refractivity contribution < 1.29 is 0 Å². The van der Waals surface area contributed by atoms with Crippen molar-refractivity contribution in [3.63, 3.8) is 0 Å². The van der Waals surface area contributed by atoms with Gasteiger partial charge >= 0.3 is 0 Å². The van der Waals surface area contributed by atoms with E-state index in [0.717, 1.165) is 24.2 Å². The Balaban J connectivity index is 1.83. The Bertz CT molecular complexity index is 308. The average Bonchev–Trinajstić information content (AvgIpc) is 2.13. The van der Waals surface area contributed by atoms with Crippen LogP contribution in [0.1, 0.15) is 19.8 Å². The second-order valence-corrected chi connectivity index (χ2v) is 4.56. The third-order valence-electron chi connectivity index (χ3n) is 2.79. The molecule has 1 aliphatic carbocycles. The number of nitrogens with zero attached hydrogens (tertiary/aromatic N) is 1. The van der Waals surface area contributed by atoms with E-state index in [0.29, 0.717) is 5.02 Å². The lowest BCUT2D eigenvalue weighted by molar-refractivity contribution is 0.225.